The molecule has 1 amide bonds. The fraction of sp³-hybridized carbons (Fsp3) is 0.609. The molecule has 2 aliphatic rings. The zero-order valence-corrected chi connectivity index (χ0v) is 17.5. The van der Waals surface area contributed by atoms with Crippen molar-refractivity contribution in [2.45, 2.75) is 70.9 Å². The van der Waals surface area contributed by atoms with Crippen molar-refractivity contribution in [2.75, 3.05) is 19.6 Å². The molecule has 6 heteroatoms. The zero-order chi connectivity index (χ0) is 20.2. The van der Waals surface area contributed by atoms with Crippen LogP contribution in [0.3, 0.4) is 0 Å². The number of carbonyl (C=O) groups excluding carboxylic acids is 1. The number of hydrogen-bond donors (Lipinski definition) is 2. The summed E-state index contributed by atoms with van der Waals surface area (Å²) in [6, 6.07) is 6.02. The van der Waals surface area contributed by atoms with Crippen molar-refractivity contribution < 1.29 is 9.69 Å². The molecule has 2 aromatic rings. The Morgan fingerprint density at radius 2 is 2.14 bits per heavy atom. The van der Waals surface area contributed by atoms with Crippen molar-refractivity contribution in [3.05, 3.63) is 39.9 Å². The van der Waals surface area contributed by atoms with E-state index in [1.54, 1.807) is 23.1 Å². The molecule has 0 saturated carbocycles. The second-order valence-corrected chi connectivity index (χ2v) is 8.69. The number of nitrogens with one attached hydrogen (secondary N) is 2. The van der Waals surface area contributed by atoms with E-state index in [1.165, 1.54) is 25.8 Å². The Balaban J connectivity index is 1.41. The summed E-state index contributed by atoms with van der Waals surface area (Å²) in [6.07, 6.45) is 9.03. The Labute approximate surface area is 172 Å². The molecule has 1 aromatic heterocycles. The maximum atomic E-state index is 12.8. The van der Waals surface area contributed by atoms with Gasteiger partial charge in [0, 0.05) is 31.5 Å². The minimum Gasteiger partial charge on any atom is -0.352 e. The van der Waals surface area contributed by atoms with Gasteiger partial charge in [0.05, 0.1) is 30.0 Å². The van der Waals surface area contributed by atoms with E-state index in [1.807, 2.05) is 4.57 Å². The fourth-order valence-electron chi connectivity index (χ4n) is 4.80. The number of rotatable bonds is 5. The van der Waals surface area contributed by atoms with E-state index in [2.05, 4.69) is 12.2 Å². The molecule has 0 spiro atoms. The van der Waals surface area contributed by atoms with E-state index in [0.29, 0.717) is 23.0 Å². The van der Waals surface area contributed by atoms with E-state index in [4.69, 9.17) is 4.98 Å². The van der Waals surface area contributed by atoms with Crippen molar-refractivity contribution in [3.63, 3.8) is 0 Å². The first-order chi connectivity index (χ1) is 14.1. The van der Waals surface area contributed by atoms with Crippen LogP contribution in [-0.4, -0.2) is 41.1 Å². The third-order valence-electron chi connectivity index (χ3n) is 6.62. The summed E-state index contributed by atoms with van der Waals surface area (Å²) < 4.78 is 1.82. The lowest BCUT2D eigenvalue weighted by molar-refractivity contribution is -0.928. The van der Waals surface area contributed by atoms with Crippen LogP contribution in [0.1, 0.15) is 68.1 Å². The highest BCUT2D eigenvalue weighted by molar-refractivity contribution is 5.97. The predicted molar refractivity (Wildman–Crippen MR) is 115 cm³/mol. The molecule has 2 atom stereocenters. The summed E-state index contributed by atoms with van der Waals surface area (Å²) in [5.74, 6) is 0.779. The van der Waals surface area contributed by atoms with Crippen LogP contribution in [0, 0.1) is 0 Å². The molecule has 1 aromatic carbocycles. The van der Waals surface area contributed by atoms with Crippen LogP contribution in [0.5, 0.6) is 0 Å². The lowest BCUT2D eigenvalue weighted by atomic mass is 10.0. The van der Waals surface area contributed by atoms with Gasteiger partial charge in [0.15, 0.2) is 0 Å². The molecule has 1 fully saturated rings. The van der Waals surface area contributed by atoms with E-state index in [-0.39, 0.29) is 11.5 Å². The van der Waals surface area contributed by atoms with Crippen LogP contribution in [0.15, 0.2) is 23.0 Å². The number of fused-ring (bicyclic) bond motifs is 2. The van der Waals surface area contributed by atoms with Gasteiger partial charge in [-0.05, 0) is 57.2 Å². The number of likely N-dealkylation sites (tertiary alicyclic amines) is 1. The average Bonchev–Trinajstić information content (AvgIpc) is 2.97. The van der Waals surface area contributed by atoms with Gasteiger partial charge in [-0.3, -0.25) is 14.2 Å². The van der Waals surface area contributed by atoms with Gasteiger partial charge in [0.1, 0.15) is 5.82 Å². The van der Waals surface area contributed by atoms with Crippen LogP contribution < -0.4 is 15.8 Å². The highest BCUT2D eigenvalue weighted by atomic mass is 16.1. The molecule has 0 radical (unpaired) electrons. The Kier molecular flexibility index (Phi) is 6.28. The number of piperidine rings is 1. The maximum absolute atomic E-state index is 12.8. The first kappa shape index (κ1) is 20.1. The highest BCUT2D eigenvalue weighted by Gasteiger charge is 2.21. The molecule has 0 bridgehead atoms. The minimum atomic E-state index is -0.0783. The van der Waals surface area contributed by atoms with E-state index in [9.17, 15) is 9.59 Å². The molecule has 29 heavy (non-hydrogen) atoms. The minimum absolute atomic E-state index is 0.0254. The van der Waals surface area contributed by atoms with Gasteiger partial charge in [-0.1, -0.05) is 6.42 Å². The lowest BCUT2D eigenvalue weighted by Crippen LogP contribution is -3.16. The number of quaternary nitrogens is 1. The number of amides is 1. The second-order valence-electron chi connectivity index (χ2n) is 8.69. The van der Waals surface area contributed by atoms with Gasteiger partial charge in [0.25, 0.3) is 11.5 Å². The number of aromatic nitrogens is 2. The highest BCUT2D eigenvalue weighted by Crippen LogP contribution is 2.16. The van der Waals surface area contributed by atoms with Crippen molar-refractivity contribution in [3.8, 4) is 0 Å². The third-order valence-corrected chi connectivity index (χ3v) is 6.62. The molecular weight excluding hydrogens is 364 g/mol. The monoisotopic (exact) mass is 397 g/mol. The molecular formula is C23H33N4O2+. The van der Waals surface area contributed by atoms with Crippen LogP contribution in [0.2, 0.25) is 0 Å². The number of nitrogens with zero attached hydrogens (tertiary/aromatic N) is 2. The number of benzene rings is 1. The molecule has 156 valence electrons. The van der Waals surface area contributed by atoms with E-state index < -0.39 is 0 Å². The molecule has 0 aliphatic carbocycles. The van der Waals surface area contributed by atoms with E-state index in [0.717, 1.165) is 57.1 Å². The van der Waals surface area contributed by atoms with Crippen LogP contribution in [0.25, 0.3) is 10.9 Å². The maximum Gasteiger partial charge on any atom is 0.261 e. The average molecular weight is 398 g/mol. The molecule has 2 N–H and O–H groups in total. The van der Waals surface area contributed by atoms with Gasteiger partial charge in [-0.25, -0.2) is 4.98 Å². The quantitative estimate of drug-likeness (QED) is 0.755. The standard InChI is InChI=1S/C23H32N4O2/c1-17-8-4-6-13-26(17)14-7-12-24-22(28)18-10-11-19-20(16-18)25-21-9-3-2-5-15-27(21)23(19)29/h10-11,16-17H,2-9,12-15H2,1H3,(H,24,28)/p+1/t17-/m1/s1. The van der Waals surface area contributed by atoms with Gasteiger partial charge in [-0.15, -0.1) is 0 Å². The van der Waals surface area contributed by atoms with Gasteiger partial charge in [0.2, 0.25) is 0 Å². The van der Waals surface area contributed by atoms with Gasteiger partial charge >= 0.3 is 0 Å². The number of carbonyl (C=O) groups is 1. The summed E-state index contributed by atoms with van der Waals surface area (Å²) >= 11 is 0. The first-order valence-electron chi connectivity index (χ1n) is 11.3. The Morgan fingerprint density at radius 1 is 1.24 bits per heavy atom. The van der Waals surface area contributed by atoms with Crippen LogP contribution >= 0.6 is 0 Å². The number of hydrogen-bond acceptors (Lipinski definition) is 3. The van der Waals surface area contributed by atoms with Crippen LogP contribution in [-0.2, 0) is 13.0 Å². The Hall–Kier alpha value is -2.21. The van der Waals surface area contributed by atoms with Crippen molar-refractivity contribution in [1.82, 2.24) is 14.9 Å². The Morgan fingerprint density at radius 3 is 3.00 bits per heavy atom. The smallest absolute Gasteiger partial charge is 0.261 e. The summed E-state index contributed by atoms with van der Waals surface area (Å²) in [6.45, 7) is 6.14. The van der Waals surface area contributed by atoms with Crippen molar-refractivity contribution in [1.29, 1.82) is 0 Å². The number of aryl methyl sites for hydroxylation is 1. The van der Waals surface area contributed by atoms with Gasteiger partial charge < -0.3 is 10.2 Å². The third kappa shape index (κ3) is 4.53. The van der Waals surface area contributed by atoms with Crippen molar-refractivity contribution >= 4 is 16.8 Å². The Bertz CT molecular complexity index is 936. The normalized spacial score (nSPS) is 22.1. The molecule has 6 nitrogen and oxygen atoms in total. The lowest BCUT2D eigenvalue weighted by Gasteiger charge is -2.30. The van der Waals surface area contributed by atoms with Crippen molar-refractivity contribution in [2.24, 2.45) is 0 Å². The predicted octanol–water partition coefficient (Wildman–Crippen LogP) is 1.70. The molecule has 2 aliphatic heterocycles. The first-order valence-corrected chi connectivity index (χ1v) is 11.3. The molecule has 4 rings (SSSR count). The fourth-order valence-corrected chi connectivity index (χ4v) is 4.80. The largest absolute Gasteiger partial charge is 0.352 e. The second kappa shape index (κ2) is 9.08. The molecule has 1 unspecified atom stereocenters. The zero-order valence-electron chi connectivity index (χ0n) is 17.5. The summed E-state index contributed by atoms with van der Waals surface area (Å²) in [5, 5.41) is 3.65. The van der Waals surface area contributed by atoms with Gasteiger partial charge in [-0.2, -0.15) is 0 Å². The molecule has 3 heterocycles. The summed E-state index contributed by atoms with van der Waals surface area (Å²) in [4.78, 5) is 31.8. The summed E-state index contributed by atoms with van der Waals surface area (Å²) in [5.41, 5.74) is 1.25. The van der Waals surface area contributed by atoms with E-state index >= 15 is 0 Å². The molecule has 1 saturated heterocycles. The summed E-state index contributed by atoms with van der Waals surface area (Å²) in [7, 11) is 0. The SMILES string of the molecule is C[C@@H]1CCCC[NH+]1CCCNC(=O)c1ccc2c(=O)n3c(nc2c1)CCCCC3. The topological polar surface area (TPSA) is 68.4 Å². The van der Waals surface area contributed by atoms with Crippen LogP contribution in [0.4, 0.5) is 0 Å².